The Morgan fingerprint density at radius 2 is 1.86 bits per heavy atom. The maximum Gasteiger partial charge on any atom is 0.254 e. The number of rotatable bonds is 7. The van der Waals surface area contributed by atoms with E-state index < -0.39 is 0 Å². The van der Waals surface area contributed by atoms with Crippen molar-refractivity contribution in [3.63, 3.8) is 0 Å². The van der Waals surface area contributed by atoms with Gasteiger partial charge in [-0.2, -0.15) is 0 Å². The molecule has 0 radical (unpaired) electrons. The van der Waals surface area contributed by atoms with Crippen LogP contribution in [0, 0.1) is 13.8 Å². The lowest BCUT2D eigenvalue weighted by Crippen LogP contribution is -2.36. The molecule has 4 nitrogen and oxygen atoms in total. The number of aryl methyl sites for hydroxylation is 2. The zero-order chi connectivity index (χ0) is 21.0. The van der Waals surface area contributed by atoms with E-state index in [4.69, 9.17) is 16.3 Å². The number of benzene rings is 2. The Balaban J connectivity index is 1.65. The van der Waals surface area contributed by atoms with Gasteiger partial charge in [0, 0.05) is 22.0 Å². The number of carbonyl (C=O) groups is 1. The fraction of sp³-hybridized carbons (Fsp3) is 0.304. The van der Waals surface area contributed by atoms with Crippen molar-refractivity contribution in [2.24, 2.45) is 0 Å². The quantitative estimate of drug-likeness (QED) is 0.460. The second kappa shape index (κ2) is 9.42. The standard InChI is InChI=1S/C23H25ClN2O2S/c1-15(2)26(23(27)18-6-8-19(24)9-7-18)12-20-14-29-22(25-20)13-28-21-10-5-16(3)17(4)11-21/h5-11,14-15H,12-13H2,1-4H3. The third-order valence-electron chi connectivity index (χ3n) is 4.75. The van der Waals surface area contributed by atoms with Crippen LogP contribution in [0.5, 0.6) is 5.75 Å². The highest BCUT2D eigenvalue weighted by atomic mass is 35.5. The van der Waals surface area contributed by atoms with Crippen LogP contribution in [0.2, 0.25) is 5.02 Å². The Bertz CT molecular complexity index is 983. The summed E-state index contributed by atoms with van der Waals surface area (Å²) in [7, 11) is 0. The van der Waals surface area contributed by atoms with Gasteiger partial charge in [-0.05, 0) is 75.2 Å². The van der Waals surface area contributed by atoms with Gasteiger partial charge < -0.3 is 9.64 Å². The van der Waals surface area contributed by atoms with Crippen molar-refractivity contribution in [1.82, 2.24) is 9.88 Å². The number of carbonyl (C=O) groups excluding carboxylic acids is 1. The van der Waals surface area contributed by atoms with Crippen LogP contribution in [0.4, 0.5) is 0 Å². The Morgan fingerprint density at radius 3 is 2.52 bits per heavy atom. The summed E-state index contributed by atoms with van der Waals surface area (Å²) in [5, 5.41) is 3.50. The third-order valence-corrected chi connectivity index (χ3v) is 5.87. The van der Waals surface area contributed by atoms with Crippen LogP contribution in [0.15, 0.2) is 47.8 Å². The van der Waals surface area contributed by atoms with Gasteiger partial charge in [0.25, 0.3) is 5.91 Å². The normalized spacial score (nSPS) is 11.0. The first-order valence-electron chi connectivity index (χ1n) is 9.53. The van der Waals surface area contributed by atoms with Crippen LogP contribution in [-0.4, -0.2) is 21.8 Å². The average molecular weight is 429 g/mol. The second-order valence-corrected chi connectivity index (χ2v) is 8.68. The van der Waals surface area contributed by atoms with Crippen molar-refractivity contribution in [2.75, 3.05) is 0 Å². The largest absolute Gasteiger partial charge is 0.486 e. The molecule has 152 valence electrons. The van der Waals surface area contributed by atoms with E-state index >= 15 is 0 Å². The molecule has 3 rings (SSSR count). The average Bonchev–Trinajstić information content (AvgIpc) is 3.14. The van der Waals surface area contributed by atoms with Crippen molar-refractivity contribution < 1.29 is 9.53 Å². The van der Waals surface area contributed by atoms with Crippen LogP contribution < -0.4 is 4.74 Å². The van der Waals surface area contributed by atoms with E-state index in [2.05, 4.69) is 24.9 Å². The minimum atomic E-state index is -0.0300. The summed E-state index contributed by atoms with van der Waals surface area (Å²) in [5.74, 6) is 0.809. The van der Waals surface area contributed by atoms with E-state index in [0.29, 0.717) is 23.7 Å². The summed E-state index contributed by atoms with van der Waals surface area (Å²) in [6, 6.07) is 13.1. The molecule has 0 aliphatic carbocycles. The number of nitrogens with zero attached hydrogens (tertiary/aromatic N) is 2. The number of ether oxygens (including phenoxy) is 1. The molecule has 0 saturated heterocycles. The molecule has 3 aromatic rings. The lowest BCUT2D eigenvalue weighted by atomic mass is 10.1. The highest BCUT2D eigenvalue weighted by molar-refractivity contribution is 7.09. The van der Waals surface area contributed by atoms with Crippen LogP contribution in [0.1, 0.15) is 46.0 Å². The van der Waals surface area contributed by atoms with E-state index in [9.17, 15) is 4.79 Å². The number of amides is 1. The predicted octanol–water partition coefficient (Wildman–Crippen LogP) is 6.04. The third kappa shape index (κ3) is 5.58. The van der Waals surface area contributed by atoms with Crippen molar-refractivity contribution in [1.29, 1.82) is 0 Å². The van der Waals surface area contributed by atoms with Gasteiger partial charge in [-0.1, -0.05) is 17.7 Å². The fourth-order valence-corrected chi connectivity index (χ4v) is 3.68. The highest BCUT2D eigenvalue weighted by Crippen LogP contribution is 2.21. The molecule has 2 aromatic carbocycles. The monoisotopic (exact) mass is 428 g/mol. The molecule has 1 amide bonds. The van der Waals surface area contributed by atoms with Gasteiger partial charge >= 0.3 is 0 Å². The molecular formula is C23H25ClN2O2S. The zero-order valence-corrected chi connectivity index (χ0v) is 18.7. The van der Waals surface area contributed by atoms with E-state index in [-0.39, 0.29) is 11.9 Å². The van der Waals surface area contributed by atoms with Gasteiger partial charge in [0.2, 0.25) is 0 Å². The lowest BCUT2D eigenvalue weighted by Gasteiger charge is -2.26. The van der Waals surface area contributed by atoms with Crippen LogP contribution in [0.25, 0.3) is 0 Å². The SMILES string of the molecule is Cc1ccc(OCc2nc(CN(C(=O)c3ccc(Cl)cc3)C(C)C)cs2)cc1C. The molecule has 29 heavy (non-hydrogen) atoms. The Hall–Kier alpha value is -2.37. The lowest BCUT2D eigenvalue weighted by molar-refractivity contribution is 0.0688. The van der Waals surface area contributed by atoms with Crippen molar-refractivity contribution >= 4 is 28.8 Å². The summed E-state index contributed by atoms with van der Waals surface area (Å²) >= 11 is 7.48. The van der Waals surface area contributed by atoms with Gasteiger partial charge in [-0.25, -0.2) is 4.98 Å². The maximum atomic E-state index is 12.9. The first kappa shape index (κ1) is 21.3. The fourth-order valence-electron chi connectivity index (χ4n) is 2.86. The van der Waals surface area contributed by atoms with Crippen LogP contribution in [0.3, 0.4) is 0 Å². The second-order valence-electron chi connectivity index (χ2n) is 7.30. The minimum absolute atomic E-state index is 0.0300. The number of aromatic nitrogens is 1. The molecule has 6 heteroatoms. The topological polar surface area (TPSA) is 42.4 Å². The molecule has 0 bridgehead atoms. The van der Waals surface area contributed by atoms with Gasteiger partial charge in [0.1, 0.15) is 17.4 Å². The zero-order valence-electron chi connectivity index (χ0n) is 17.1. The first-order valence-corrected chi connectivity index (χ1v) is 10.8. The van der Waals surface area contributed by atoms with E-state index in [1.807, 2.05) is 36.3 Å². The maximum absolute atomic E-state index is 12.9. The molecule has 0 N–H and O–H groups in total. The number of thiazole rings is 1. The summed E-state index contributed by atoms with van der Waals surface area (Å²) in [5.41, 5.74) is 3.94. The molecule has 0 atom stereocenters. The molecule has 1 aromatic heterocycles. The highest BCUT2D eigenvalue weighted by Gasteiger charge is 2.20. The van der Waals surface area contributed by atoms with E-state index in [1.54, 1.807) is 35.6 Å². The molecule has 0 unspecified atom stereocenters. The van der Waals surface area contributed by atoms with Crippen molar-refractivity contribution in [3.8, 4) is 5.75 Å². The van der Waals surface area contributed by atoms with Crippen molar-refractivity contribution in [3.05, 3.63) is 80.3 Å². The van der Waals surface area contributed by atoms with Crippen LogP contribution >= 0.6 is 22.9 Å². The summed E-state index contributed by atoms with van der Waals surface area (Å²) in [6.45, 7) is 9.03. The molecular weight excluding hydrogens is 404 g/mol. The van der Waals surface area contributed by atoms with E-state index in [1.165, 1.54) is 11.1 Å². The molecule has 0 fully saturated rings. The minimum Gasteiger partial charge on any atom is -0.486 e. The summed E-state index contributed by atoms with van der Waals surface area (Å²) < 4.78 is 5.88. The summed E-state index contributed by atoms with van der Waals surface area (Å²) in [6.07, 6.45) is 0. The number of hydrogen-bond donors (Lipinski definition) is 0. The van der Waals surface area contributed by atoms with Gasteiger partial charge in [-0.15, -0.1) is 11.3 Å². The molecule has 0 aliphatic rings. The number of hydrogen-bond acceptors (Lipinski definition) is 4. The Morgan fingerprint density at radius 1 is 1.14 bits per heavy atom. The van der Waals surface area contributed by atoms with Gasteiger partial charge in [0.15, 0.2) is 0 Å². The first-order chi connectivity index (χ1) is 13.8. The number of halogens is 1. The van der Waals surface area contributed by atoms with Crippen molar-refractivity contribution in [2.45, 2.75) is 46.9 Å². The van der Waals surface area contributed by atoms with Gasteiger partial charge in [-0.3, -0.25) is 4.79 Å². The molecule has 0 aliphatic heterocycles. The molecule has 0 saturated carbocycles. The van der Waals surface area contributed by atoms with Crippen LogP contribution in [-0.2, 0) is 13.2 Å². The Kier molecular flexibility index (Phi) is 6.93. The predicted molar refractivity (Wildman–Crippen MR) is 119 cm³/mol. The molecule has 0 spiro atoms. The summed E-state index contributed by atoms with van der Waals surface area (Å²) in [4.78, 5) is 19.4. The Labute approximate surface area is 181 Å². The molecule has 1 heterocycles. The smallest absolute Gasteiger partial charge is 0.254 e. The van der Waals surface area contributed by atoms with Gasteiger partial charge in [0.05, 0.1) is 12.2 Å². The van der Waals surface area contributed by atoms with E-state index in [0.717, 1.165) is 16.5 Å².